The topological polar surface area (TPSA) is 98.8 Å². The molecule has 3 aliphatic rings. The van der Waals surface area contributed by atoms with Gasteiger partial charge in [-0.2, -0.15) is 0 Å². The monoisotopic (exact) mass is 374 g/mol. The minimum atomic E-state index is -1.05. The number of carbonyl (C=O) groups excluding carboxylic acids is 4. The quantitative estimate of drug-likeness (QED) is 0.701. The van der Waals surface area contributed by atoms with Crippen LogP contribution in [0.5, 0.6) is 0 Å². The smallest absolute Gasteiger partial charge is 0.262 e. The van der Waals surface area contributed by atoms with Crippen molar-refractivity contribution in [3.63, 3.8) is 0 Å². The van der Waals surface area contributed by atoms with Crippen LogP contribution in [0, 0.1) is 5.82 Å². The van der Waals surface area contributed by atoms with Gasteiger partial charge in [0.05, 0.1) is 11.1 Å². The molecule has 9 heteroatoms. The Morgan fingerprint density at radius 1 is 1.04 bits per heavy atom. The molecular weight excluding hydrogens is 355 g/mol. The first-order valence-corrected chi connectivity index (χ1v) is 8.93. The molecule has 0 radical (unpaired) electrons. The lowest BCUT2D eigenvalue weighted by Gasteiger charge is -2.27. The second kappa shape index (κ2) is 6.82. The molecule has 0 spiro atoms. The van der Waals surface area contributed by atoms with Crippen LogP contribution in [0.15, 0.2) is 12.1 Å². The molecule has 2 N–H and O–H groups in total. The summed E-state index contributed by atoms with van der Waals surface area (Å²) in [5.74, 6) is -2.97. The highest BCUT2D eigenvalue weighted by atomic mass is 19.1. The number of hydrogen-bond acceptors (Lipinski definition) is 6. The fourth-order valence-electron chi connectivity index (χ4n) is 3.77. The summed E-state index contributed by atoms with van der Waals surface area (Å²) in [4.78, 5) is 51.7. The number of rotatable bonds is 3. The number of piperazine rings is 1. The van der Waals surface area contributed by atoms with Crippen molar-refractivity contribution < 1.29 is 23.6 Å². The largest absolute Gasteiger partial charge is 0.314 e. The van der Waals surface area contributed by atoms with E-state index >= 15 is 0 Å². The lowest BCUT2D eigenvalue weighted by molar-refractivity contribution is -0.136. The van der Waals surface area contributed by atoms with Crippen molar-refractivity contribution in [2.75, 3.05) is 26.2 Å². The molecule has 1 aromatic rings. The Morgan fingerprint density at radius 3 is 2.37 bits per heavy atom. The van der Waals surface area contributed by atoms with Crippen LogP contribution in [0.3, 0.4) is 0 Å². The predicted octanol–water partition coefficient (Wildman–Crippen LogP) is -0.368. The fraction of sp³-hybridized carbons (Fsp3) is 0.444. The van der Waals surface area contributed by atoms with Crippen molar-refractivity contribution in [3.8, 4) is 0 Å². The summed E-state index contributed by atoms with van der Waals surface area (Å²) in [6, 6.07) is 1.45. The first kappa shape index (κ1) is 17.7. The van der Waals surface area contributed by atoms with Crippen LogP contribution in [-0.4, -0.2) is 65.6 Å². The van der Waals surface area contributed by atoms with Gasteiger partial charge < -0.3 is 5.32 Å². The van der Waals surface area contributed by atoms with Gasteiger partial charge in [0, 0.05) is 44.7 Å². The number of hydrogen-bond donors (Lipinski definition) is 2. The number of amides is 4. The predicted molar refractivity (Wildman–Crippen MR) is 91.2 cm³/mol. The van der Waals surface area contributed by atoms with Gasteiger partial charge in [-0.1, -0.05) is 0 Å². The molecule has 2 fully saturated rings. The van der Waals surface area contributed by atoms with E-state index in [0.29, 0.717) is 12.1 Å². The minimum absolute atomic E-state index is 0.0359. The van der Waals surface area contributed by atoms with Crippen molar-refractivity contribution in [1.82, 2.24) is 20.4 Å². The number of imide groups is 2. The zero-order valence-corrected chi connectivity index (χ0v) is 14.6. The lowest BCUT2D eigenvalue weighted by atomic mass is 10.0. The molecule has 3 aliphatic heterocycles. The van der Waals surface area contributed by atoms with E-state index in [0.717, 1.165) is 37.1 Å². The van der Waals surface area contributed by atoms with Gasteiger partial charge >= 0.3 is 0 Å². The Bertz CT molecular complexity index is 850. The van der Waals surface area contributed by atoms with E-state index < -0.39 is 35.5 Å². The molecule has 1 atom stereocenters. The summed E-state index contributed by atoms with van der Waals surface area (Å²) in [6.45, 7) is 3.51. The number of carbonyl (C=O) groups is 4. The number of piperidine rings is 1. The highest BCUT2D eigenvalue weighted by Crippen LogP contribution is 2.30. The van der Waals surface area contributed by atoms with Gasteiger partial charge in [0.1, 0.15) is 11.9 Å². The normalized spacial score (nSPS) is 23.6. The van der Waals surface area contributed by atoms with Gasteiger partial charge in [-0.15, -0.1) is 0 Å². The van der Waals surface area contributed by atoms with Gasteiger partial charge in [-0.25, -0.2) is 4.39 Å². The van der Waals surface area contributed by atoms with Gasteiger partial charge in [0.15, 0.2) is 0 Å². The van der Waals surface area contributed by atoms with Crippen molar-refractivity contribution in [1.29, 1.82) is 0 Å². The standard InChI is InChI=1S/C18H19FN4O4/c19-13-8-12-11(7-10(13)9-22-5-3-20-4-6-22)17(26)23(18(12)27)14-1-2-15(24)21-16(14)25/h7-8,14,20H,1-6,9H2,(H,21,24,25). The summed E-state index contributed by atoms with van der Waals surface area (Å²) in [5, 5.41) is 5.36. The van der Waals surface area contributed by atoms with E-state index in [9.17, 15) is 23.6 Å². The first-order chi connectivity index (χ1) is 13.0. The van der Waals surface area contributed by atoms with Crippen LogP contribution >= 0.6 is 0 Å². The molecule has 142 valence electrons. The molecule has 0 aromatic heterocycles. The Kier molecular flexibility index (Phi) is 4.48. The van der Waals surface area contributed by atoms with Crippen molar-refractivity contribution in [2.24, 2.45) is 0 Å². The van der Waals surface area contributed by atoms with E-state index in [1.165, 1.54) is 6.07 Å². The number of fused-ring (bicyclic) bond motifs is 1. The first-order valence-electron chi connectivity index (χ1n) is 8.93. The minimum Gasteiger partial charge on any atom is -0.314 e. The zero-order valence-electron chi connectivity index (χ0n) is 14.6. The van der Waals surface area contributed by atoms with Crippen LogP contribution in [0.1, 0.15) is 39.1 Å². The third kappa shape index (κ3) is 3.13. The van der Waals surface area contributed by atoms with E-state index in [-0.39, 0.29) is 24.0 Å². The summed E-state index contributed by atoms with van der Waals surface area (Å²) in [6.07, 6.45) is 0.124. The van der Waals surface area contributed by atoms with Crippen molar-refractivity contribution in [3.05, 3.63) is 34.6 Å². The lowest BCUT2D eigenvalue weighted by Crippen LogP contribution is -2.54. The van der Waals surface area contributed by atoms with E-state index in [2.05, 4.69) is 15.5 Å². The van der Waals surface area contributed by atoms with Crippen LogP contribution in [0.25, 0.3) is 0 Å². The zero-order chi connectivity index (χ0) is 19.1. The molecule has 4 rings (SSSR count). The molecule has 3 heterocycles. The molecule has 1 aromatic carbocycles. The maximum Gasteiger partial charge on any atom is 0.262 e. The SMILES string of the molecule is O=C1CCC(N2C(=O)c3cc(F)c(CN4CCNCC4)cc3C2=O)C(=O)N1. The van der Waals surface area contributed by atoms with Crippen LogP contribution < -0.4 is 10.6 Å². The highest BCUT2D eigenvalue weighted by molar-refractivity contribution is 6.23. The van der Waals surface area contributed by atoms with Crippen molar-refractivity contribution >= 4 is 23.6 Å². The Labute approximate surface area is 154 Å². The fourth-order valence-corrected chi connectivity index (χ4v) is 3.77. The molecule has 0 aliphatic carbocycles. The summed E-state index contributed by atoms with van der Waals surface area (Å²) in [5.41, 5.74) is 0.421. The average molecular weight is 374 g/mol. The molecule has 4 amide bonds. The Morgan fingerprint density at radius 2 is 1.70 bits per heavy atom. The Balaban J connectivity index is 1.61. The third-order valence-corrected chi connectivity index (χ3v) is 5.21. The maximum atomic E-state index is 14.5. The maximum absolute atomic E-state index is 14.5. The summed E-state index contributed by atoms with van der Waals surface area (Å²) in [7, 11) is 0. The van der Waals surface area contributed by atoms with Gasteiger partial charge in [-0.3, -0.25) is 34.3 Å². The van der Waals surface area contributed by atoms with E-state index in [1.54, 1.807) is 0 Å². The van der Waals surface area contributed by atoms with Crippen LogP contribution in [0.2, 0.25) is 0 Å². The van der Waals surface area contributed by atoms with E-state index in [4.69, 9.17) is 0 Å². The highest BCUT2D eigenvalue weighted by Gasteiger charge is 2.45. The summed E-state index contributed by atoms with van der Waals surface area (Å²) < 4.78 is 14.5. The number of halogens is 1. The number of benzene rings is 1. The Hall–Kier alpha value is -2.65. The van der Waals surface area contributed by atoms with Crippen molar-refractivity contribution in [2.45, 2.75) is 25.4 Å². The second-order valence-electron chi connectivity index (χ2n) is 6.96. The second-order valence-corrected chi connectivity index (χ2v) is 6.96. The molecule has 27 heavy (non-hydrogen) atoms. The molecule has 1 unspecified atom stereocenters. The van der Waals surface area contributed by atoms with Gasteiger partial charge in [0.25, 0.3) is 11.8 Å². The molecule has 0 saturated carbocycles. The average Bonchev–Trinajstić information content (AvgIpc) is 2.87. The molecule has 0 bridgehead atoms. The third-order valence-electron chi connectivity index (χ3n) is 5.21. The molecule has 2 saturated heterocycles. The number of nitrogens with one attached hydrogen (secondary N) is 2. The van der Waals surface area contributed by atoms with Crippen LogP contribution in [-0.2, 0) is 16.1 Å². The van der Waals surface area contributed by atoms with E-state index in [1.807, 2.05) is 0 Å². The summed E-state index contributed by atoms with van der Waals surface area (Å²) >= 11 is 0. The number of nitrogens with zero attached hydrogens (tertiary/aromatic N) is 2. The van der Waals surface area contributed by atoms with Gasteiger partial charge in [-0.05, 0) is 18.6 Å². The van der Waals surface area contributed by atoms with Crippen LogP contribution in [0.4, 0.5) is 4.39 Å². The molecular formula is C18H19FN4O4. The molecule has 8 nitrogen and oxygen atoms in total. The van der Waals surface area contributed by atoms with Gasteiger partial charge in [0.2, 0.25) is 11.8 Å².